The van der Waals surface area contributed by atoms with Crippen LogP contribution in [0.1, 0.15) is 1.37 Å². The topological polar surface area (TPSA) is 30.2 Å². The first-order valence-electron chi connectivity index (χ1n) is 2.36. The number of hydrogen-bond donors (Lipinski definition) is 0. The standard InChI is InChI=1S/C5H4O2/c6-5-3-1-2-4-7-5/h1-4H/i4D. The Labute approximate surface area is 41.8 Å². The summed E-state index contributed by atoms with van der Waals surface area (Å²) >= 11 is 0. The van der Waals surface area contributed by atoms with E-state index in [-0.39, 0.29) is 6.24 Å². The van der Waals surface area contributed by atoms with Gasteiger partial charge in [0, 0.05) is 6.07 Å². The van der Waals surface area contributed by atoms with Gasteiger partial charge in [-0.05, 0) is 6.07 Å². The van der Waals surface area contributed by atoms with E-state index in [2.05, 4.69) is 4.42 Å². The van der Waals surface area contributed by atoms with Gasteiger partial charge in [-0.1, -0.05) is 6.07 Å². The first-order valence-corrected chi connectivity index (χ1v) is 1.86. The predicted octanol–water partition coefficient (Wildman–Crippen LogP) is 0.640. The van der Waals surface area contributed by atoms with Crippen LogP contribution in [0.3, 0.4) is 0 Å². The molecule has 0 bridgehead atoms. The van der Waals surface area contributed by atoms with Crippen molar-refractivity contribution in [2.24, 2.45) is 0 Å². The molecule has 0 aliphatic rings. The summed E-state index contributed by atoms with van der Waals surface area (Å²) in [5.74, 6) is 0. The first kappa shape index (κ1) is 3.02. The summed E-state index contributed by atoms with van der Waals surface area (Å²) in [5, 5.41) is 0. The van der Waals surface area contributed by atoms with Crippen molar-refractivity contribution in [3.63, 3.8) is 0 Å². The van der Waals surface area contributed by atoms with Crippen LogP contribution in [0.2, 0.25) is 0 Å². The zero-order valence-corrected chi connectivity index (χ0v) is 3.55. The Hall–Kier alpha value is -1.05. The normalized spacial score (nSPS) is 10.6. The third-order valence-electron chi connectivity index (χ3n) is 0.556. The van der Waals surface area contributed by atoms with Gasteiger partial charge in [-0.2, -0.15) is 0 Å². The Morgan fingerprint density at radius 2 is 2.57 bits per heavy atom. The molecule has 0 spiro atoms. The minimum absolute atomic E-state index is 0.0995. The highest BCUT2D eigenvalue weighted by Gasteiger charge is 1.72. The smallest absolute Gasteiger partial charge is 0.335 e. The van der Waals surface area contributed by atoms with Crippen molar-refractivity contribution in [3.05, 3.63) is 34.9 Å². The van der Waals surface area contributed by atoms with Gasteiger partial charge in [-0.3, -0.25) is 0 Å². The Morgan fingerprint density at radius 3 is 3.00 bits per heavy atom. The molecule has 1 heterocycles. The van der Waals surface area contributed by atoms with Crippen molar-refractivity contribution in [2.45, 2.75) is 0 Å². The maximum atomic E-state index is 10.2. The van der Waals surface area contributed by atoms with E-state index in [4.69, 9.17) is 1.37 Å². The molecule has 0 aromatic carbocycles. The maximum Gasteiger partial charge on any atom is 0.335 e. The SMILES string of the molecule is [2H]c1cccc(=O)o1. The fourth-order valence-electron chi connectivity index (χ4n) is 0.292. The van der Waals surface area contributed by atoms with E-state index in [1.807, 2.05) is 0 Å². The van der Waals surface area contributed by atoms with Crippen LogP contribution in [0.15, 0.2) is 33.7 Å². The monoisotopic (exact) mass is 97.0 g/mol. The summed E-state index contributed by atoms with van der Waals surface area (Å²) in [6.07, 6.45) is -0.0995. The zero-order valence-electron chi connectivity index (χ0n) is 4.55. The molecule has 2 nitrogen and oxygen atoms in total. The quantitative estimate of drug-likeness (QED) is 0.475. The van der Waals surface area contributed by atoms with Crippen LogP contribution >= 0.6 is 0 Å². The average Bonchev–Trinajstić information content (AvgIpc) is 1.64. The van der Waals surface area contributed by atoms with Gasteiger partial charge in [0.05, 0.1) is 6.24 Å². The lowest BCUT2D eigenvalue weighted by Crippen LogP contribution is -1.90. The van der Waals surface area contributed by atoms with Crippen LogP contribution in [-0.4, -0.2) is 0 Å². The maximum absolute atomic E-state index is 10.2. The fourth-order valence-corrected chi connectivity index (χ4v) is 0.292. The molecule has 36 valence electrons. The molecule has 0 aliphatic heterocycles. The molecule has 0 atom stereocenters. The van der Waals surface area contributed by atoms with E-state index in [0.717, 1.165) is 0 Å². The molecule has 0 fully saturated rings. The van der Waals surface area contributed by atoms with E-state index in [9.17, 15) is 4.79 Å². The molecule has 0 unspecified atom stereocenters. The van der Waals surface area contributed by atoms with Crippen LogP contribution < -0.4 is 5.63 Å². The average molecular weight is 97.1 g/mol. The molecule has 0 N–H and O–H groups in total. The van der Waals surface area contributed by atoms with Crippen LogP contribution in [0.4, 0.5) is 0 Å². The van der Waals surface area contributed by atoms with Crippen LogP contribution in [0.5, 0.6) is 0 Å². The minimum Gasteiger partial charge on any atom is -0.431 e. The van der Waals surface area contributed by atoms with Crippen molar-refractivity contribution in [1.29, 1.82) is 0 Å². The lowest BCUT2D eigenvalue weighted by Gasteiger charge is -1.72. The minimum atomic E-state index is -0.475. The second kappa shape index (κ2) is 1.60. The molecular weight excluding hydrogens is 92.1 g/mol. The van der Waals surface area contributed by atoms with Crippen molar-refractivity contribution < 1.29 is 5.79 Å². The second-order valence-corrected chi connectivity index (χ2v) is 1.06. The van der Waals surface area contributed by atoms with Crippen molar-refractivity contribution in [1.82, 2.24) is 0 Å². The van der Waals surface area contributed by atoms with Gasteiger partial charge in [0.15, 0.2) is 0 Å². The van der Waals surface area contributed by atoms with E-state index >= 15 is 0 Å². The fraction of sp³-hybridized carbons (Fsp3) is 0. The molecule has 0 aliphatic carbocycles. The van der Waals surface area contributed by atoms with Gasteiger partial charge < -0.3 is 4.42 Å². The summed E-state index contributed by atoms with van der Waals surface area (Å²) in [6, 6.07) is 4.15. The van der Waals surface area contributed by atoms with Crippen LogP contribution in [0, 0.1) is 0 Å². The molecule has 0 amide bonds. The molecule has 1 rings (SSSR count). The van der Waals surface area contributed by atoms with Crippen molar-refractivity contribution in [2.75, 3.05) is 0 Å². The lowest BCUT2D eigenvalue weighted by molar-refractivity contribution is 0.511. The molecule has 2 heteroatoms. The molecule has 0 radical (unpaired) electrons. The largest absolute Gasteiger partial charge is 0.431 e. The molecule has 0 saturated carbocycles. The Morgan fingerprint density at radius 1 is 1.71 bits per heavy atom. The van der Waals surface area contributed by atoms with E-state index in [1.54, 1.807) is 0 Å². The van der Waals surface area contributed by atoms with E-state index < -0.39 is 5.63 Å². The summed E-state index contributed by atoms with van der Waals surface area (Å²) < 4.78 is 11.1. The molecule has 7 heavy (non-hydrogen) atoms. The summed E-state index contributed by atoms with van der Waals surface area (Å²) in [7, 11) is 0. The van der Waals surface area contributed by atoms with Crippen molar-refractivity contribution >= 4 is 0 Å². The van der Waals surface area contributed by atoms with E-state index in [1.165, 1.54) is 18.2 Å². The Balaban J connectivity index is 3.28. The highest BCUT2D eigenvalue weighted by atomic mass is 16.4. The van der Waals surface area contributed by atoms with Gasteiger partial charge in [-0.25, -0.2) is 4.79 Å². The highest BCUT2D eigenvalue weighted by molar-refractivity contribution is 4.85. The van der Waals surface area contributed by atoms with Gasteiger partial charge in [0.2, 0.25) is 0 Å². The number of rotatable bonds is 0. The highest BCUT2D eigenvalue weighted by Crippen LogP contribution is 1.72. The third-order valence-corrected chi connectivity index (χ3v) is 0.556. The van der Waals surface area contributed by atoms with Gasteiger partial charge in [0.1, 0.15) is 1.37 Å². The second-order valence-electron chi connectivity index (χ2n) is 1.06. The van der Waals surface area contributed by atoms with Gasteiger partial charge in [0.25, 0.3) is 0 Å². The Kier molecular flexibility index (Phi) is 0.689. The summed E-state index contributed by atoms with van der Waals surface area (Å²) in [6.45, 7) is 0. The first-order chi connectivity index (χ1) is 3.79. The summed E-state index contributed by atoms with van der Waals surface area (Å²) in [5.41, 5.74) is -0.475. The number of hydrogen-bond acceptors (Lipinski definition) is 2. The predicted molar refractivity (Wildman–Crippen MR) is 25.0 cm³/mol. The zero-order chi connectivity index (χ0) is 5.98. The third kappa shape index (κ3) is 0.892. The molecule has 1 aromatic rings. The summed E-state index contributed by atoms with van der Waals surface area (Å²) in [4.78, 5) is 10.2. The van der Waals surface area contributed by atoms with Crippen LogP contribution in [0.25, 0.3) is 0 Å². The van der Waals surface area contributed by atoms with Crippen LogP contribution in [-0.2, 0) is 0 Å². The molecular formula is C5H4O2. The van der Waals surface area contributed by atoms with Gasteiger partial charge in [-0.15, -0.1) is 0 Å². The Bertz CT molecular complexity index is 228. The molecule has 1 aromatic heterocycles. The van der Waals surface area contributed by atoms with E-state index in [0.29, 0.717) is 0 Å². The molecule has 0 saturated heterocycles. The van der Waals surface area contributed by atoms with Gasteiger partial charge >= 0.3 is 5.63 Å². The van der Waals surface area contributed by atoms with Crippen molar-refractivity contribution in [3.8, 4) is 0 Å². The lowest BCUT2D eigenvalue weighted by atomic mass is 10.5.